The van der Waals surface area contributed by atoms with Crippen LogP contribution in [0, 0.1) is 17.7 Å². The quantitative estimate of drug-likeness (QED) is 0.567. The molecule has 1 aliphatic carbocycles. The maximum Gasteiger partial charge on any atom is 0.325 e. The summed E-state index contributed by atoms with van der Waals surface area (Å²) in [5.41, 5.74) is 6.89. The number of nitrogens with one attached hydrogen (secondary N) is 1. The van der Waals surface area contributed by atoms with E-state index in [9.17, 15) is 18.8 Å². The summed E-state index contributed by atoms with van der Waals surface area (Å²) in [6.45, 7) is 2.02. The number of benzene rings is 1. The molecule has 4 amide bonds. The number of likely N-dealkylation sites (N-methyl/N-ethyl adjacent to an activating group) is 1. The van der Waals surface area contributed by atoms with Crippen molar-refractivity contribution >= 4 is 29.4 Å². The lowest BCUT2D eigenvalue weighted by Gasteiger charge is -2.46. The van der Waals surface area contributed by atoms with Crippen molar-refractivity contribution in [3.05, 3.63) is 54.0 Å². The molecule has 1 aromatic heterocycles. The van der Waals surface area contributed by atoms with Gasteiger partial charge in [-0.25, -0.2) is 14.2 Å². The highest BCUT2D eigenvalue weighted by Gasteiger charge is 2.55. The third-order valence-corrected chi connectivity index (χ3v) is 7.48. The van der Waals surface area contributed by atoms with E-state index in [2.05, 4.69) is 10.3 Å². The number of anilines is 2. The minimum absolute atomic E-state index is 0.0543. The van der Waals surface area contributed by atoms with Gasteiger partial charge in [-0.1, -0.05) is 32.3 Å². The molecule has 4 rings (SSSR count). The van der Waals surface area contributed by atoms with Gasteiger partial charge in [0.1, 0.15) is 17.7 Å². The van der Waals surface area contributed by atoms with Gasteiger partial charge >= 0.3 is 6.03 Å². The largest absolute Gasteiger partial charge is 0.384 e. The molecule has 192 valence electrons. The maximum absolute atomic E-state index is 13.8. The van der Waals surface area contributed by atoms with Crippen molar-refractivity contribution < 1.29 is 18.8 Å². The molecule has 36 heavy (non-hydrogen) atoms. The van der Waals surface area contributed by atoms with Crippen LogP contribution in [-0.4, -0.2) is 46.9 Å². The summed E-state index contributed by atoms with van der Waals surface area (Å²) in [6.07, 6.45) is 8.10. The van der Waals surface area contributed by atoms with E-state index in [0.29, 0.717) is 17.4 Å². The van der Waals surface area contributed by atoms with Crippen molar-refractivity contribution in [2.24, 2.45) is 11.8 Å². The Morgan fingerprint density at radius 3 is 2.64 bits per heavy atom. The molecule has 1 saturated heterocycles. The molecule has 1 aliphatic heterocycles. The van der Waals surface area contributed by atoms with Crippen molar-refractivity contribution in [3.8, 4) is 0 Å². The minimum atomic E-state index is -1.01. The number of aromatic nitrogens is 1. The highest BCUT2D eigenvalue weighted by Crippen LogP contribution is 2.34. The van der Waals surface area contributed by atoms with E-state index in [4.69, 9.17) is 5.73 Å². The van der Waals surface area contributed by atoms with Gasteiger partial charge in [-0.2, -0.15) is 0 Å². The minimum Gasteiger partial charge on any atom is -0.384 e. The molecule has 2 fully saturated rings. The normalized spacial score (nSPS) is 21.0. The number of nitrogen functional groups attached to an aromatic ring is 1. The molecule has 2 aliphatic rings. The molecule has 8 nitrogen and oxygen atoms in total. The first-order valence-corrected chi connectivity index (χ1v) is 12.7. The third-order valence-electron chi connectivity index (χ3n) is 7.48. The fourth-order valence-electron chi connectivity index (χ4n) is 5.46. The lowest BCUT2D eigenvalue weighted by Crippen LogP contribution is -2.71. The van der Waals surface area contributed by atoms with Gasteiger partial charge in [0.25, 0.3) is 5.91 Å². The number of nitrogens with two attached hydrogens (primary N) is 1. The topological polar surface area (TPSA) is 109 Å². The van der Waals surface area contributed by atoms with E-state index in [1.165, 1.54) is 36.6 Å². The average Bonchev–Trinajstić information content (AvgIpc) is 2.88. The summed E-state index contributed by atoms with van der Waals surface area (Å²) >= 11 is 0. The molecule has 1 aromatic carbocycles. The van der Waals surface area contributed by atoms with Gasteiger partial charge in [0.2, 0.25) is 5.91 Å². The molecule has 9 heteroatoms. The van der Waals surface area contributed by atoms with E-state index in [1.54, 1.807) is 24.4 Å². The maximum atomic E-state index is 13.8. The number of halogens is 1. The Kier molecular flexibility index (Phi) is 7.86. The van der Waals surface area contributed by atoms with Crippen LogP contribution in [0.1, 0.15) is 51.0 Å². The molecular formula is C27H34FN5O3. The number of imide groups is 1. The number of urea groups is 1. The molecule has 1 saturated carbocycles. The fourth-order valence-corrected chi connectivity index (χ4v) is 5.46. The zero-order valence-electron chi connectivity index (χ0n) is 20.8. The Labute approximate surface area is 211 Å². The third kappa shape index (κ3) is 5.34. The summed E-state index contributed by atoms with van der Waals surface area (Å²) < 4.78 is 13.8. The Bertz CT molecular complexity index is 1120. The Morgan fingerprint density at radius 2 is 1.97 bits per heavy atom. The molecule has 0 bridgehead atoms. The summed E-state index contributed by atoms with van der Waals surface area (Å²) in [4.78, 5) is 46.5. The van der Waals surface area contributed by atoms with Gasteiger partial charge in [0.15, 0.2) is 0 Å². The molecule has 2 heterocycles. The SMILES string of the molecule is CC[C@@H](NC(=O)N1C(=O)[C@H](Cc2ccnc(N)c2)[C@H]1C(=O)N(C)c1cccc(F)c1)C1CCCCC1. The van der Waals surface area contributed by atoms with Crippen molar-refractivity contribution in [1.82, 2.24) is 15.2 Å². The Balaban J connectivity index is 1.57. The first-order chi connectivity index (χ1) is 17.3. The zero-order valence-corrected chi connectivity index (χ0v) is 20.8. The van der Waals surface area contributed by atoms with Gasteiger partial charge in [-0.3, -0.25) is 14.5 Å². The zero-order chi connectivity index (χ0) is 25.8. The highest BCUT2D eigenvalue weighted by molar-refractivity contribution is 6.12. The van der Waals surface area contributed by atoms with E-state index in [0.717, 1.165) is 42.6 Å². The molecule has 3 N–H and O–H groups in total. The predicted octanol–water partition coefficient (Wildman–Crippen LogP) is 3.90. The van der Waals surface area contributed by atoms with Crippen LogP contribution < -0.4 is 16.0 Å². The molecule has 0 radical (unpaired) electrons. The fraction of sp³-hybridized carbons (Fsp3) is 0.481. The molecule has 2 aromatic rings. The number of hydrogen-bond donors (Lipinski definition) is 2. The van der Waals surface area contributed by atoms with E-state index in [-0.39, 0.29) is 12.5 Å². The van der Waals surface area contributed by atoms with Crippen LogP contribution in [0.4, 0.5) is 20.7 Å². The molecular weight excluding hydrogens is 461 g/mol. The van der Waals surface area contributed by atoms with Crippen LogP contribution in [-0.2, 0) is 16.0 Å². The summed E-state index contributed by atoms with van der Waals surface area (Å²) in [6, 6.07) is 7.45. The van der Waals surface area contributed by atoms with Crippen LogP contribution in [0.3, 0.4) is 0 Å². The Morgan fingerprint density at radius 1 is 1.22 bits per heavy atom. The molecule has 3 atom stereocenters. The van der Waals surface area contributed by atoms with Crippen molar-refractivity contribution in [3.63, 3.8) is 0 Å². The van der Waals surface area contributed by atoms with E-state index in [1.807, 2.05) is 6.92 Å². The van der Waals surface area contributed by atoms with Gasteiger partial charge in [0, 0.05) is 25.0 Å². The van der Waals surface area contributed by atoms with Crippen LogP contribution in [0.2, 0.25) is 0 Å². The number of amides is 4. The van der Waals surface area contributed by atoms with Crippen LogP contribution in [0.5, 0.6) is 0 Å². The van der Waals surface area contributed by atoms with Gasteiger partial charge in [-0.05, 0) is 67.5 Å². The van der Waals surface area contributed by atoms with Gasteiger partial charge in [0.05, 0.1) is 5.92 Å². The first-order valence-electron chi connectivity index (χ1n) is 12.7. The number of carbonyl (C=O) groups is 3. The van der Waals surface area contributed by atoms with E-state index < -0.39 is 35.6 Å². The number of carbonyl (C=O) groups excluding carboxylic acids is 3. The second-order valence-corrected chi connectivity index (χ2v) is 9.79. The lowest BCUT2D eigenvalue weighted by atomic mass is 9.81. The number of rotatable bonds is 7. The van der Waals surface area contributed by atoms with Gasteiger partial charge in [-0.15, -0.1) is 0 Å². The van der Waals surface area contributed by atoms with Gasteiger partial charge < -0.3 is 16.0 Å². The molecule has 0 unspecified atom stereocenters. The van der Waals surface area contributed by atoms with Crippen molar-refractivity contribution in [2.45, 2.75) is 64.0 Å². The van der Waals surface area contributed by atoms with Crippen LogP contribution in [0.15, 0.2) is 42.6 Å². The second kappa shape index (κ2) is 11.1. The number of likely N-dealkylation sites (tertiary alicyclic amines) is 1. The number of nitrogens with zero attached hydrogens (tertiary/aromatic N) is 3. The lowest BCUT2D eigenvalue weighted by molar-refractivity contribution is -0.156. The number of hydrogen-bond acceptors (Lipinski definition) is 5. The predicted molar refractivity (Wildman–Crippen MR) is 135 cm³/mol. The van der Waals surface area contributed by atoms with Crippen molar-refractivity contribution in [2.75, 3.05) is 17.7 Å². The smallest absolute Gasteiger partial charge is 0.325 e. The first kappa shape index (κ1) is 25.6. The second-order valence-electron chi connectivity index (χ2n) is 9.79. The Hall–Kier alpha value is -3.49. The summed E-state index contributed by atoms with van der Waals surface area (Å²) in [7, 11) is 1.52. The standard InChI is InChI=1S/C27H34FN5O3/c1-3-22(18-8-5-4-6-9-18)31-27(36)33-24(26(35)32(2)20-11-7-10-19(28)16-20)21(25(33)34)14-17-12-13-30-23(29)15-17/h7,10-13,15-16,18,21-22,24H,3-6,8-9,14H2,1-2H3,(H2,29,30)(H,31,36)/t21-,22-,24+/m1/s1. The summed E-state index contributed by atoms with van der Waals surface area (Å²) in [5.74, 6) is -1.40. The van der Waals surface area contributed by atoms with Crippen molar-refractivity contribution in [1.29, 1.82) is 0 Å². The summed E-state index contributed by atoms with van der Waals surface area (Å²) in [5, 5.41) is 3.04. The highest BCUT2D eigenvalue weighted by atomic mass is 19.1. The monoisotopic (exact) mass is 495 g/mol. The number of pyridine rings is 1. The van der Waals surface area contributed by atoms with Crippen LogP contribution in [0.25, 0.3) is 0 Å². The molecule has 0 spiro atoms. The van der Waals surface area contributed by atoms with Crippen LogP contribution >= 0.6 is 0 Å². The number of β-lactam (4-membered cyclic amide) rings is 1. The van der Waals surface area contributed by atoms with E-state index >= 15 is 0 Å². The average molecular weight is 496 g/mol.